The summed E-state index contributed by atoms with van der Waals surface area (Å²) in [6, 6.07) is -0.959. The number of amides is 1. The van der Waals surface area contributed by atoms with Gasteiger partial charge in [-0.1, -0.05) is 0 Å². The highest BCUT2D eigenvalue weighted by molar-refractivity contribution is 5.81. The van der Waals surface area contributed by atoms with Crippen LogP contribution in [0.25, 0.3) is 0 Å². The fourth-order valence-electron chi connectivity index (χ4n) is 0.937. The van der Waals surface area contributed by atoms with Crippen molar-refractivity contribution in [2.45, 2.75) is 51.6 Å². The lowest BCUT2D eigenvalue weighted by atomic mass is 10.1. The van der Waals surface area contributed by atoms with E-state index in [1.54, 1.807) is 20.8 Å². The number of carbonyl (C=O) groups excluding carboxylic acids is 1. The minimum absolute atomic E-state index is 0.502. The van der Waals surface area contributed by atoms with Gasteiger partial charge in [0.1, 0.15) is 0 Å². The molecule has 1 unspecified atom stereocenters. The van der Waals surface area contributed by atoms with E-state index in [-0.39, 0.29) is 0 Å². The summed E-state index contributed by atoms with van der Waals surface area (Å²) in [4.78, 5) is 11.4. The summed E-state index contributed by atoms with van der Waals surface area (Å²) in [7, 11) is 0. The molecule has 0 heterocycles. The zero-order valence-electron chi connectivity index (χ0n) is 10.3. The topological polar surface area (TPSA) is 41.1 Å². The van der Waals surface area contributed by atoms with Crippen molar-refractivity contribution in [3.8, 4) is 0 Å². The van der Waals surface area contributed by atoms with Crippen molar-refractivity contribution in [3.05, 3.63) is 0 Å². The first kappa shape index (κ1) is 16.1. The van der Waals surface area contributed by atoms with Gasteiger partial charge in [0.25, 0.3) is 0 Å². The summed E-state index contributed by atoms with van der Waals surface area (Å²) in [6.45, 7) is 5.29. The van der Waals surface area contributed by atoms with Gasteiger partial charge in [-0.2, -0.15) is 8.78 Å². The zero-order valence-corrected chi connectivity index (χ0v) is 10.3. The van der Waals surface area contributed by atoms with Crippen molar-refractivity contribution in [1.82, 2.24) is 10.6 Å². The van der Waals surface area contributed by atoms with E-state index >= 15 is 0 Å². The molecule has 0 aromatic carbocycles. The van der Waals surface area contributed by atoms with Gasteiger partial charge in [0.05, 0.1) is 12.6 Å². The summed E-state index contributed by atoms with van der Waals surface area (Å²) in [5, 5.41) is 4.64. The molecular formula is C10H18F4N2O. The molecule has 0 spiro atoms. The van der Waals surface area contributed by atoms with E-state index in [9.17, 15) is 22.4 Å². The molecule has 0 radical (unpaired) electrons. The predicted molar refractivity (Wildman–Crippen MR) is 56.3 cm³/mol. The maximum atomic E-state index is 12.6. The zero-order chi connectivity index (χ0) is 13.9. The molecule has 0 aliphatic carbocycles. The minimum atomic E-state index is -4.13. The highest BCUT2D eigenvalue weighted by atomic mass is 19.3. The number of hydrogen-bond donors (Lipinski definition) is 2. The molecule has 102 valence electrons. The Hall–Kier alpha value is -0.850. The van der Waals surface area contributed by atoms with E-state index in [1.807, 2.05) is 0 Å². The molecule has 0 aromatic heterocycles. The van der Waals surface area contributed by atoms with Crippen LogP contribution in [0.15, 0.2) is 0 Å². The molecule has 0 rings (SSSR count). The third kappa shape index (κ3) is 6.45. The first-order chi connectivity index (χ1) is 7.46. The standard InChI is InChI=1S/C10H18F4N2O/c1-6(7(17)16-9(2,3)4)15-5-10(13,14)8(11)12/h6,8,15H,5H2,1-4H3,(H,16,17). The number of carbonyl (C=O) groups is 1. The number of halogens is 4. The highest BCUT2D eigenvalue weighted by Crippen LogP contribution is 2.21. The van der Waals surface area contributed by atoms with Crippen molar-refractivity contribution in [2.24, 2.45) is 0 Å². The second kappa shape index (κ2) is 5.66. The SMILES string of the molecule is CC(NCC(F)(F)C(F)F)C(=O)NC(C)(C)C. The van der Waals surface area contributed by atoms with Crippen LogP contribution in [-0.2, 0) is 4.79 Å². The molecule has 0 aliphatic heterocycles. The van der Waals surface area contributed by atoms with Crippen molar-refractivity contribution >= 4 is 5.91 Å². The lowest BCUT2D eigenvalue weighted by Gasteiger charge is -2.25. The highest BCUT2D eigenvalue weighted by Gasteiger charge is 2.40. The maximum absolute atomic E-state index is 12.6. The van der Waals surface area contributed by atoms with Crippen LogP contribution in [0, 0.1) is 0 Å². The van der Waals surface area contributed by atoms with Gasteiger partial charge in [0.15, 0.2) is 0 Å². The normalized spacial score (nSPS) is 14.9. The minimum Gasteiger partial charge on any atom is -0.350 e. The molecule has 17 heavy (non-hydrogen) atoms. The molecule has 0 aromatic rings. The molecule has 2 N–H and O–H groups in total. The Bertz CT molecular complexity index is 264. The molecule has 0 saturated heterocycles. The summed E-state index contributed by atoms with van der Waals surface area (Å²) < 4.78 is 48.8. The van der Waals surface area contributed by atoms with Gasteiger partial charge in [-0.25, -0.2) is 8.78 Å². The molecule has 1 atom stereocenters. The fourth-order valence-corrected chi connectivity index (χ4v) is 0.937. The third-order valence-corrected chi connectivity index (χ3v) is 1.85. The molecule has 0 fully saturated rings. The lowest BCUT2D eigenvalue weighted by molar-refractivity contribution is -0.132. The maximum Gasteiger partial charge on any atom is 0.319 e. The number of hydrogen-bond acceptors (Lipinski definition) is 2. The fraction of sp³-hybridized carbons (Fsp3) is 0.900. The first-order valence-electron chi connectivity index (χ1n) is 5.17. The van der Waals surface area contributed by atoms with E-state index in [0.717, 1.165) is 0 Å². The van der Waals surface area contributed by atoms with Gasteiger partial charge < -0.3 is 10.6 Å². The van der Waals surface area contributed by atoms with Crippen molar-refractivity contribution in [2.75, 3.05) is 6.54 Å². The van der Waals surface area contributed by atoms with Crippen LogP contribution >= 0.6 is 0 Å². The molecule has 0 bridgehead atoms. The summed E-state index contributed by atoms with van der Waals surface area (Å²) in [5.74, 6) is -4.64. The second-order valence-corrected chi connectivity index (χ2v) is 4.90. The average Bonchev–Trinajstić information content (AvgIpc) is 2.11. The van der Waals surface area contributed by atoms with Gasteiger partial charge in [0.2, 0.25) is 5.91 Å². The van der Waals surface area contributed by atoms with Gasteiger partial charge in [-0.15, -0.1) is 0 Å². The van der Waals surface area contributed by atoms with Crippen LogP contribution in [0.3, 0.4) is 0 Å². The Labute approximate surface area is 97.9 Å². The van der Waals surface area contributed by atoms with Gasteiger partial charge >= 0.3 is 12.3 Å². The van der Waals surface area contributed by atoms with Crippen molar-refractivity contribution < 1.29 is 22.4 Å². The van der Waals surface area contributed by atoms with Crippen LogP contribution in [0.1, 0.15) is 27.7 Å². The molecular weight excluding hydrogens is 240 g/mol. The van der Waals surface area contributed by atoms with Gasteiger partial charge in [-0.3, -0.25) is 4.79 Å². The second-order valence-electron chi connectivity index (χ2n) is 4.90. The number of rotatable bonds is 5. The smallest absolute Gasteiger partial charge is 0.319 e. The summed E-state index contributed by atoms with van der Waals surface area (Å²) >= 11 is 0. The molecule has 7 heteroatoms. The van der Waals surface area contributed by atoms with E-state index in [1.165, 1.54) is 6.92 Å². The largest absolute Gasteiger partial charge is 0.350 e. The Kier molecular flexibility index (Phi) is 5.38. The monoisotopic (exact) mass is 258 g/mol. The first-order valence-corrected chi connectivity index (χ1v) is 5.17. The van der Waals surface area contributed by atoms with Gasteiger partial charge in [-0.05, 0) is 27.7 Å². The number of nitrogens with one attached hydrogen (secondary N) is 2. The molecule has 3 nitrogen and oxygen atoms in total. The van der Waals surface area contributed by atoms with Crippen molar-refractivity contribution in [3.63, 3.8) is 0 Å². The predicted octanol–water partition coefficient (Wildman–Crippen LogP) is 1.78. The summed E-state index contributed by atoms with van der Waals surface area (Å²) in [5.41, 5.74) is -0.502. The Morgan fingerprint density at radius 2 is 1.71 bits per heavy atom. The van der Waals surface area contributed by atoms with E-state index in [0.29, 0.717) is 0 Å². The Morgan fingerprint density at radius 1 is 1.24 bits per heavy atom. The Morgan fingerprint density at radius 3 is 2.06 bits per heavy atom. The third-order valence-electron chi connectivity index (χ3n) is 1.85. The van der Waals surface area contributed by atoms with E-state index < -0.39 is 36.4 Å². The average molecular weight is 258 g/mol. The quantitative estimate of drug-likeness (QED) is 0.738. The molecule has 0 saturated carbocycles. The molecule has 0 aliphatic rings. The lowest BCUT2D eigenvalue weighted by Crippen LogP contribution is -2.52. The van der Waals surface area contributed by atoms with Crippen LogP contribution in [0.4, 0.5) is 17.6 Å². The van der Waals surface area contributed by atoms with Gasteiger partial charge in [0, 0.05) is 5.54 Å². The van der Waals surface area contributed by atoms with Crippen LogP contribution in [0.2, 0.25) is 0 Å². The van der Waals surface area contributed by atoms with Crippen LogP contribution in [-0.4, -0.2) is 36.4 Å². The van der Waals surface area contributed by atoms with Crippen LogP contribution in [0.5, 0.6) is 0 Å². The van der Waals surface area contributed by atoms with E-state index in [4.69, 9.17) is 0 Å². The van der Waals surface area contributed by atoms with Crippen molar-refractivity contribution in [1.29, 1.82) is 0 Å². The van der Waals surface area contributed by atoms with Crippen LogP contribution < -0.4 is 10.6 Å². The number of alkyl halides is 4. The van der Waals surface area contributed by atoms with E-state index in [2.05, 4.69) is 10.6 Å². The molecule has 1 amide bonds. The summed E-state index contributed by atoms with van der Waals surface area (Å²) in [6.07, 6.45) is -3.74. The Balaban J connectivity index is 4.19.